The van der Waals surface area contributed by atoms with E-state index in [9.17, 15) is 9.59 Å². The third kappa shape index (κ3) is 5.71. The number of hydrogen-bond acceptors (Lipinski definition) is 2. The van der Waals surface area contributed by atoms with Crippen molar-refractivity contribution >= 4 is 17.5 Å². The number of carbonyl (C=O) groups excluding carboxylic acids is 2. The highest BCUT2D eigenvalue weighted by molar-refractivity contribution is 5.95. The molecule has 2 aromatic carbocycles. The van der Waals surface area contributed by atoms with E-state index in [0.717, 1.165) is 61.4 Å². The fraction of sp³-hybridized carbons (Fsp3) is 0.440. The molecule has 164 valence electrons. The number of anilines is 1. The minimum atomic E-state index is -0.261. The summed E-state index contributed by atoms with van der Waals surface area (Å²) in [4.78, 5) is 28.2. The monoisotopic (exact) mass is 422 g/mol. The smallest absolute Gasteiger partial charge is 0.287 e. The molecule has 6 nitrogen and oxygen atoms in total. The molecule has 1 aliphatic carbocycles. The fourth-order valence-corrected chi connectivity index (χ4v) is 4.42. The van der Waals surface area contributed by atoms with Crippen molar-refractivity contribution in [3.63, 3.8) is 0 Å². The van der Waals surface area contributed by atoms with Crippen LogP contribution in [-0.4, -0.2) is 50.6 Å². The summed E-state index contributed by atoms with van der Waals surface area (Å²) in [6, 6.07) is 16.4. The molecule has 1 aliphatic heterocycles. The Balaban J connectivity index is 1.44. The predicted octanol–water partition coefficient (Wildman–Crippen LogP) is 0.0452. The summed E-state index contributed by atoms with van der Waals surface area (Å²) in [7, 11) is 0. The molecular weight excluding hydrogens is 388 g/mol. The van der Waals surface area contributed by atoms with Crippen LogP contribution in [0.5, 0.6) is 0 Å². The first-order valence-corrected chi connectivity index (χ1v) is 11.4. The van der Waals surface area contributed by atoms with E-state index in [1.807, 2.05) is 56.3 Å². The predicted molar refractivity (Wildman–Crippen MR) is 121 cm³/mol. The molecule has 0 spiro atoms. The number of benzene rings is 2. The molecule has 31 heavy (non-hydrogen) atoms. The molecule has 6 heteroatoms. The average Bonchev–Trinajstić information content (AvgIpc) is 3.57. The summed E-state index contributed by atoms with van der Waals surface area (Å²) < 4.78 is 0. The van der Waals surface area contributed by atoms with Crippen LogP contribution < -0.4 is 20.4 Å². The van der Waals surface area contributed by atoms with E-state index in [1.165, 1.54) is 9.80 Å². The van der Waals surface area contributed by atoms with E-state index in [2.05, 4.69) is 16.7 Å². The first kappa shape index (κ1) is 21.5. The van der Waals surface area contributed by atoms with E-state index in [4.69, 9.17) is 0 Å². The highest BCUT2D eigenvalue weighted by Crippen LogP contribution is 2.19. The zero-order valence-electron chi connectivity index (χ0n) is 18.5. The van der Waals surface area contributed by atoms with Crippen LogP contribution >= 0.6 is 0 Å². The van der Waals surface area contributed by atoms with E-state index in [-0.39, 0.29) is 17.9 Å². The van der Waals surface area contributed by atoms with Crippen LogP contribution in [0.1, 0.15) is 35.6 Å². The molecule has 1 saturated carbocycles. The van der Waals surface area contributed by atoms with Gasteiger partial charge in [-0.05, 0) is 43.9 Å². The van der Waals surface area contributed by atoms with Crippen LogP contribution in [-0.2, 0) is 9.59 Å². The van der Waals surface area contributed by atoms with E-state index < -0.39 is 0 Å². The molecule has 0 radical (unpaired) electrons. The van der Waals surface area contributed by atoms with Crippen molar-refractivity contribution in [1.29, 1.82) is 0 Å². The molecule has 4 N–H and O–H groups in total. The SMILES string of the molecule is Cc1ccc(C)c(NC(=O)[C@H](c2ccccc2)[NH+]2CC[NH+](CC(=O)NC3CC3)CC2)c1. The summed E-state index contributed by atoms with van der Waals surface area (Å²) in [6.45, 7) is 8.12. The number of aryl methyl sites for hydroxylation is 2. The number of rotatable bonds is 7. The van der Waals surface area contributed by atoms with Gasteiger partial charge in [-0.15, -0.1) is 0 Å². The maximum atomic E-state index is 13.5. The van der Waals surface area contributed by atoms with Crippen molar-refractivity contribution in [3.05, 3.63) is 65.2 Å². The summed E-state index contributed by atoms with van der Waals surface area (Å²) in [5.74, 6) is 0.193. The lowest BCUT2D eigenvalue weighted by Gasteiger charge is -2.34. The van der Waals surface area contributed by atoms with Crippen molar-refractivity contribution in [2.24, 2.45) is 0 Å². The standard InChI is InChI=1S/C25H32N4O2/c1-18-8-9-19(2)22(16-18)27-25(31)24(20-6-4-3-5-7-20)29-14-12-28(13-15-29)17-23(30)26-21-10-11-21/h3-9,16,21,24H,10-15,17H2,1-2H3,(H,26,30)(H,27,31)/p+2/t24-/m0/s1. The van der Waals surface area contributed by atoms with Gasteiger partial charge < -0.3 is 20.4 Å². The largest absolute Gasteiger partial charge is 0.348 e. The summed E-state index contributed by atoms with van der Waals surface area (Å²) in [6.07, 6.45) is 2.24. The number of hydrogen-bond donors (Lipinski definition) is 4. The molecule has 2 aliphatic rings. The zero-order chi connectivity index (χ0) is 21.8. The fourth-order valence-electron chi connectivity index (χ4n) is 4.42. The summed E-state index contributed by atoms with van der Waals surface area (Å²) in [5, 5.41) is 6.27. The van der Waals surface area contributed by atoms with Gasteiger partial charge in [-0.2, -0.15) is 0 Å². The van der Waals surface area contributed by atoms with Crippen molar-refractivity contribution in [2.75, 3.05) is 38.0 Å². The van der Waals surface area contributed by atoms with Gasteiger partial charge in [-0.25, -0.2) is 0 Å². The van der Waals surface area contributed by atoms with Crippen molar-refractivity contribution in [2.45, 2.75) is 38.8 Å². The molecule has 0 unspecified atom stereocenters. The minimum Gasteiger partial charge on any atom is -0.348 e. The number of amides is 2. The molecule has 1 heterocycles. The van der Waals surface area contributed by atoms with Crippen molar-refractivity contribution in [3.8, 4) is 0 Å². The Bertz CT molecular complexity index is 918. The van der Waals surface area contributed by atoms with Gasteiger partial charge >= 0.3 is 0 Å². The first-order chi connectivity index (χ1) is 15.0. The topological polar surface area (TPSA) is 67.1 Å². The Kier molecular flexibility index (Phi) is 6.68. The quantitative estimate of drug-likeness (QED) is 0.509. The normalized spacial score (nSPS) is 21.9. The second-order valence-corrected chi connectivity index (χ2v) is 9.08. The van der Waals surface area contributed by atoms with Crippen LogP contribution in [0, 0.1) is 13.8 Å². The van der Waals surface area contributed by atoms with Gasteiger partial charge in [-0.3, -0.25) is 9.59 Å². The third-order valence-electron chi connectivity index (χ3n) is 6.41. The van der Waals surface area contributed by atoms with Crippen LogP contribution in [0.2, 0.25) is 0 Å². The second-order valence-electron chi connectivity index (χ2n) is 9.08. The Hall–Kier alpha value is -2.70. The molecule has 2 aromatic rings. The Morgan fingerprint density at radius 3 is 2.39 bits per heavy atom. The zero-order valence-corrected chi connectivity index (χ0v) is 18.5. The van der Waals surface area contributed by atoms with Crippen LogP contribution in [0.25, 0.3) is 0 Å². The Labute approximate surface area is 184 Å². The number of carbonyl (C=O) groups is 2. The number of quaternary nitrogens is 2. The van der Waals surface area contributed by atoms with Gasteiger partial charge in [0.15, 0.2) is 12.6 Å². The lowest BCUT2D eigenvalue weighted by Crippen LogP contribution is -3.28. The van der Waals surface area contributed by atoms with E-state index >= 15 is 0 Å². The molecule has 1 atom stereocenters. The molecule has 4 rings (SSSR count). The van der Waals surface area contributed by atoms with Gasteiger partial charge in [0.05, 0.1) is 0 Å². The van der Waals surface area contributed by atoms with Crippen LogP contribution in [0.3, 0.4) is 0 Å². The van der Waals surface area contributed by atoms with Gasteiger partial charge in [0.1, 0.15) is 26.2 Å². The maximum Gasteiger partial charge on any atom is 0.287 e. The van der Waals surface area contributed by atoms with Gasteiger partial charge in [0, 0.05) is 17.3 Å². The first-order valence-electron chi connectivity index (χ1n) is 11.4. The highest BCUT2D eigenvalue weighted by atomic mass is 16.2. The lowest BCUT2D eigenvalue weighted by molar-refractivity contribution is -1.02. The molecule has 1 saturated heterocycles. The molecule has 2 amide bonds. The minimum absolute atomic E-state index is 0.0322. The number of piperazine rings is 1. The van der Waals surface area contributed by atoms with E-state index in [0.29, 0.717) is 12.6 Å². The average molecular weight is 423 g/mol. The molecular formula is C25H34N4O2+2. The Morgan fingerprint density at radius 2 is 1.71 bits per heavy atom. The summed E-state index contributed by atoms with van der Waals surface area (Å²) >= 11 is 0. The summed E-state index contributed by atoms with van der Waals surface area (Å²) in [5.41, 5.74) is 4.12. The van der Waals surface area contributed by atoms with Crippen molar-refractivity contribution < 1.29 is 19.4 Å². The molecule has 0 bridgehead atoms. The van der Waals surface area contributed by atoms with E-state index in [1.54, 1.807) is 0 Å². The second kappa shape index (κ2) is 9.62. The van der Waals surface area contributed by atoms with Crippen LogP contribution in [0.4, 0.5) is 5.69 Å². The van der Waals surface area contributed by atoms with Crippen molar-refractivity contribution in [1.82, 2.24) is 5.32 Å². The highest BCUT2D eigenvalue weighted by Gasteiger charge is 2.36. The Morgan fingerprint density at radius 1 is 1.00 bits per heavy atom. The molecule has 2 fully saturated rings. The molecule has 0 aromatic heterocycles. The van der Waals surface area contributed by atoms with Gasteiger partial charge in [-0.1, -0.05) is 42.5 Å². The third-order valence-corrected chi connectivity index (χ3v) is 6.41. The van der Waals surface area contributed by atoms with Gasteiger partial charge in [0.25, 0.3) is 11.8 Å². The van der Waals surface area contributed by atoms with Crippen LogP contribution in [0.15, 0.2) is 48.5 Å². The maximum absolute atomic E-state index is 13.5. The number of nitrogens with one attached hydrogen (secondary N) is 4. The van der Waals surface area contributed by atoms with Gasteiger partial charge in [0.2, 0.25) is 0 Å². The lowest BCUT2D eigenvalue weighted by atomic mass is 10.0.